The van der Waals surface area contributed by atoms with Crippen LogP contribution in [0, 0.1) is 13.8 Å². The van der Waals surface area contributed by atoms with Crippen LogP contribution in [0.25, 0.3) is 10.1 Å². The SMILES string of the molecule is Cc1sc2c(Cl)cccc2c1C. The Hall–Kier alpha value is -0.530. The number of rotatable bonds is 0. The summed E-state index contributed by atoms with van der Waals surface area (Å²) in [6.07, 6.45) is 0. The second-order valence-electron chi connectivity index (χ2n) is 2.90. The largest absolute Gasteiger partial charge is 0.139 e. The van der Waals surface area contributed by atoms with Crippen LogP contribution in [0.3, 0.4) is 0 Å². The Kier molecular flexibility index (Phi) is 1.85. The molecule has 0 aliphatic heterocycles. The second kappa shape index (κ2) is 2.75. The van der Waals surface area contributed by atoms with Gasteiger partial charge in [-0.25, -0.2) is 0 Å². The van der Waals surface area contributed by atoms with Gasteiger partial charge in [0.15, 0.2) is 0 Å². The maximum Gasteiger partial charge on any atom is 0.0584 e. The Balaban J connectivity index is 2.95. The molecule has 0 saturated carbocycles. The first kappa shape index (κ1) is 8.09. The molecule has 0 unspecified atom stereocenters. The van der Waals surface area contributed by atoms with Gasteiger partial charge in [0, 0.05) is 4.88 Å². The summed E-state index contributed by atoms with van der Waals surface area (Å²) in [6.45, 7) is 4.28. The minimum Gasteiger partial charge on any atom is -0.139 e. The zero-order valence-electron chi connectivity index (χ0n) is 7.02. The quantitative estimate of drug-likeness (QED) is 0.593. The molecule has 1 heterocycles. The van der Waals surface area contributed by atoms with Gasteiger partial charge in [0.2, 0.25) is 0 Å². The van der Waals surface area contributed by atoms with Gasteiger partial charge in [-0.15, -0.1) is 11.3 Å². The molecule has 0 aliphatic rings. The summed E-state index contributed by atoms with van der Waals surface area (Å²) in [5.74, 6) is 0. The Morgan fingerprint density at radius 2 is 2.00 bits per heavy atom. The zero-order chi connectivity index (χ0) is 8.72. The van der Waals surface area contributed by atoms with Crippen LogP contribution < -0.4 is 0 Å². The molecule has 0 amide bonds. The minimum atomic E-state index is 0.869. The smallest absolute Gasteiger partial charge is 0.0584 e. The Labute approximate surface area is 80.8 Å². The van der Waals surface area contributed by atoms with E-state index in [1.165, 1.54) is 20.5 Å². The fraction of sp³-hybridized carbons (Fsp3) is 0.200. The minimum absolute atomic E-state index is 0.869. The monoisotopic (exact) mass is 196 g/mol. The van der Waals surface area contributed by atoms with Gasteiger partial charge in [0.25, 0.3) is 0 Å². The molecule has 0 atom stereocenters. The van der Waals surface area contributed by atoms with Crippen LogP contribution in [0.2, 0.25) is 5.02 Å². The summed E-state index contributed by atoms with van der Waals surface area (Å²) in [5.41, 5.74) is 1.36. The first-order chi connectivity index (χ1) is 5.70. The molecular weight excluding hydrogens is 188 g/mol. The van der Waals surface area contributed by atoms with Crippen LogP contribution >= 0.6 is 22.9 Å². The normalized spacial score (nSPS) is 10.9. The molecule has 0 N–H and O–H groups in total. The first-order valence-corrected chi connectivity index (χ1v) is 5.04. The van der Waals surface area contributed by atoms with Gasteiger partial charge in [0.1, 0.15) is 0 Å². The molecule has 2 rings (SSSR count). The van der Waals surface area contributed by atoms with Gasteiger partial charge in [-0.3, -0.25) is 0 Å². The number of aryl methyl sites for hydroxylation is 2. The maximum atomic E-state index is 6.05. The summed E-state index contributed by atoms with van der Waals surface area (Å²) >= 11 is 7.83. The molecule has 62 valence electrons. The number of thiophene rings is 1. The van der Waals surface area contributed by atoms with Crippen LogP contribution in [0.5, 0.6) is 0 Å². The van der Waals surface area contributed by atoms with Gasteiger partial charge >= 0.3 is 0 Å². The van der Waals surface area contributed by atoms with Crippen molar-refractivity contribution in [2.24, 2.45) is 0 Å². The standard InChI is InChI=1S/C10H9ClS/c1-6-7(2)12-10-8(6)4-3-5-9(10)11/h3-5H,1-2H3. The molecule has 2 aromatic rings. The van der Waals surface area contributed by atoms with Crippen LogP contribution in [0.4, 0.5) is 0 Å². The molecule has 0 nitrogen and oxygen atoms in total. The predicted octanol–water partition coefficient (Wildman–Crippen LogP) is 4.17. The molecule has 0 aliphatic carbocycles. The number of hydrogen-bond acceptors (Lipinski definition) is 1. The van der Waals surface area contributed by atoms with Crippen molar-refractivity contribution in [3.8, 4) is 0 Å². The van der Waals surface area contributed by atoms with E-state index in [9.17, 15) is 0 Å². The zero-order valence-corrected chi connectivity index (χ0v) is 8.59. The van der Waals surface area contributed by atoms with E-state index in [1.54, 1.807) is 11.3 Å². The van der Waals surface area contributed by atoms with Crippen LogP contribution in [0.1, 0.15) is 10.4 Å². The summed E-state index contributed by atoms with van der Waals surface area (Å²) in [5, 5.41) is 2.17. The molecule has 0 saturated heterocycles. The lowest BCUT2D eigenvalue weighted by Crippen LogP contribution is -1.69. The molecule has 0 fully saturated rings. The number of hydrogen-bond donors (Lipinski definition) is 0. The van der Waals surface area contributed by atoms with E-state index in [4.69, 9.17) is 11.6 Å². The van der Waals surface area contributed by atoms with Crippen molar-refractivity contribution in [2.75, 3.05) is 0 Å². The van der Waals surface area contributed by atoms with Crippen molar-refractivity contribution in [3.05, 3.63) is 33.7 Å². The van der Waals surface area contributed by atoms with E-state index in [2.05, 4.69) is 19.9 Å². The predicted molar refractivity (Wildman–Crippen MR) is 56.3 cm³/mol. The van der Waals surface area contributed by atoms with Crippen LogP contribution in [-0.2, 0) is 0 Å². The maximum absolute atomic E-state index is 6.05. The summed E-state index contributed by atoms with van der Waals surface area (Å²) in [6, 6.07) is 6.07. The van der Waals surface area contributed by atoms with Gasteiger partial charge in [0.05, 0.1) is 9.72 Å². The van der Waals surface area contributed by atoms with E-state index in [0.717, 1.165) is 5.02 Å². The lowest BCUT2D eigenvalue weighted by atomic mass is 10.2. The molecule has 0 radical (unpaired) electrons. The van der Waals surface area contributed by atoms with Gasteiger partial charge in [-0.2, -0.15) is 0 Å². The topological polar surface area (TPSA) is 0 Å². The van der Waals surface area contributed by atoms with Crippen LogP contribution in [0.15, 0.2) is 18.2 Å². The highest BCUT2D eigenvalue weighted by atomic mass is 35.5. The lowest BCUT2D eigenvalue weighted by Gasteiger charge is -1.92. The highest BCUT2D eigenvalue weighted by Gasteiger charge is 2.06. The third-order valence-corrected chi connectivity index (χ3v) is 3.84. The molecule has 1 aromatic carbocycles. The van der Waals surface area contributed by atoms with Crippen molar-refractivity contribution < 1.29 is 0 Å². The Morgan fingerprint density at radius 3 is 2.67 bits per heavy atom. The number of fused-ring (bicyclic) bond motifs is 1. The summed E-state index contributed by atoms with van der Waals surface area (Å²) in [4.78, 5) is 1.36. The number of halogens is 1. The fourth-order valence-electron chi connectivity index (χ4n) is 1.33. The Morgan fingerprint density at radius 1 is 1.25 bits per heavy atom. The first-order valence-electron chi connectivity index (χ1n) is 3.84. The Bertz CT molecular complexity index is 429. The summed E-state index contributed by atoms with van der Waals surface area (Å²) in [7, 11) is 0. The van der Waals surface area contributed by atoms with Crippen molar-refractivity contribution in [1.82, 2.24) is 0 Å². The highest BCUT2D eigenvalue weighted by molar-refractivity contribution is 7.19. The molecule has 0 bridgehead atoms. The molecule has 0 spiro atoms. The van der Waals surface area contributed by atoms with Crippen molar-refractivity contribution in [1.29, 1.82) is 0 Å². The highest BCUT2D eigenvalue weighted by Crippen LogP contribution is 2.34. The second-order valence-corrected chi connectivity index (χ2v) is 4.53. The van der Waals surface area contributed by atoms with E-state index in [-0.39, 0.29) is 0 Å². The third kappa shape index (κ3) is 1.05. The van der Waals surface area contributed by atoms with E-state index < -0.39 is 0 Å². The van der Waals surface area contributed by atoms with Gasteiger partial charge < -0.3 is 0 Å². The lowest BCUT2D eigenvalue weighted by molar-refractivity contribution is 1.47. The van der Waals surface area contributed by atoms with E-state index >= 15 is 0 Å². The average molecular weight is 197 g/mol. The molecule has 2 heteroatoms. The van der Waals surface area contributed by atoms with Crippen molar-refractivity contribution in [3.63, 3.8) is 0 Å². The van der Waals surface area contributed by atoms with Crippen LogP contribution in [-0.4, -0.2) is 0 Å². The van der Waals surface area contributed by atoms with Gasteiger partial charge in [-0.1, -0.05) is 23.7 Å². The van der Waals surface area contributed by atoms with Gasteiger partial charge in [-0.05, 0) is 30.9 Å². The molecular formula is C10H9ClS. The van der Waals surface area contributed by atoms with Crippen molar-refractivity contribution >= 4 is 33.0 Å². The van der Waals surface area contributed by atoms with Crippen molar-refractivity contribution in [2.45, 2.75) is 13.8 Å². The molecule has 12 heavy (non-hydrogen) atoms. The fourth-order valence-corrected chi connectivity index (χ4v) is 2.68. The summed E-state index contributed by atoms with van der Waals surface area (Å²) < 4.78 is 1.22. The third-order valence-electron chi connectivity index (χ3n) is 2.15. The molecule has 1 aromatic heterocycles. The van der Waals surface area contributed by atoms with E-state index in [1.807, 2.05) is 12.1 Å². The van der Waals surface area contributed by atoms with E-state index in [0.29, 0.717) is 0 Å². The average Bonchev–Trinajstić information content (AvgIpc) is 2.32. The number of benzene rings is 1.